The summed E-state index contributed by atoms with van der Waals surface area (Å²) in [6.07, 6.45) is 1.02. The number of carboxylic acid groups (broad SMARTS) is 1. The van der Waals surface area contributed by atoms with Crippen molar-refractivity contribution in [1.82, 2.24) is 4.72 Å². The Morgan fingerprint density at radius 3 is 2.67 bits per heavy atom. The fourth-order valence-corrected chi connectivity index (χ4v) is 3.16. The molecule has 0 amide bonds. The molecule has 1 rings (SSSR count). The highest BCUT2D eigenvalue weighted by Crippen LogP contribution is 2.19. The van der Waals surface area contributed by atoms with E-state index >= 15 is 0 Å². The molecule has 0 aliphatic rings. The molecule has 0 saturated heterocycles. The summed E-state index contributed by atoms with van der Waals surface area (Å²) < 4.78 is 40.3. The van der Waals surface area contributed by atoms with Crippen LogP contribution in [0.3, 0.4) is 0 Å². The van der Waals surface area contributed by atoms with Gasteiger partial charge in [0, 0.05) is 17.4 Å². The molecular formula is C13H17BrFNO4S. The minimum Gasteiger partial charge on any atom is -0.481 e. The van der Waals surface area contributed by atoms with Gasteiger partial charge in [-0.25, -0.2) is 17.5 Å². The molecule has 0 spiro atoms. The standard InChI is InChI=1S/C13H17BrFNO4S/c1-9(2-5-13(17)18)6-7-16-21(19,20)12-4-3-10(14)8-11(12)15/h3-4,8-9,16H,2,5-7H2,1H3,(H,17,18). The predicted octanol–water partition coefficient (Wildman–Crippen LogP) is 2.76. The van der Waals surface area contributed by atoms with Crippen LogP contribution in [-0.2, 0) is 14.8 Å². The van der Waals surface area contributed by atoms with Crippen LogP contribution < -0.4 is 4.72 Å². The third-order valence-corrected chi connectivity index (χ3v) is 4.95. The molecule has 8 heteroatoms. The van der Waals surface area contributed by atoms with Gasteiger partial charge in [0.15, 0.2) is 0 Å². The average molecular weight is 382 g/mol. The highest BCUT2D eigenvalue weighted by Gasteiger charge is 2.19. The number of nitrogens with one attached hydrogen (secondary N) is 1. The van der Waals surface area contributed by atoms with Gasteiger partial charge in [-0.3, -0.25) is 4.79 Å². The van der Waals surface area contributed by atoms with Gasteiger partial charge >= 0.3 is 5.97 Å². The van der Waals surface area contributed by atoms with Gasteiger partial charge in [0.05, 0.1) is 0 Å². The fraction of sp³-hybridized carbons (Fsp3) is 0.462. The van der Waals surface area contributed by atoms with E-state index < -0.39 is 26.7 Å². The summed E-state index contributed by atoms with van der Waals surface area (Å²) in [6.45, 7) is 1.98. The lowest BCUT2D eigenvalue weighted by Gasteiger charge is -2.11. The van der Waals surface area contributed by atoms with Crippen molar-refractivity contribution in [1.29, 1.82) is 0 Å². The summed E-state index contributed by atoms with van der Waals surface area (Å²) in [7, 11) is -3.90. The SMILES string of the molecule is CC(CCNS(=O)(=O)c1ccc(Br)cc1F)CCC(=O)O. The third-order valence-electron chi connectivity index (χ3n) is 2.96. The Bertz CT molecular complexity index is 606. The Morgan fingerprint density at radius 2 is 2.10 bits per heavy atom. The van der Waals surface area contributed by atoms with Crippen molar-refractivity contribution in [3.8, 4) is 0 Å². The molecule has 0 aromatic heterocycles. The first-order chi connectivity index (χ1) is 9.72. The zero-order valence-electron chi connectivity index (χ0n) is 11.5. The van der Waals surface area contributed by atoms with Crippen molar-refractivity contribution in [2.24, 2.45) is 5.92 Å². The molecule has 2 N–H and O–H groups in total. The van der Waals surface area contributed by atoms with Crippen LogP contribution in [0.4, 0.5) is 4.39 Å². The average Bonchev–Trinajstić information content (AvgIpc) is 2.35. The molecule has 1 unspecified atom stereocenters. The van der Waals surface area contributed by atoms with E-state index in [2.05, 4.69) is 20.7 Å². The number of carboxylic acids is 1. The largest absolute Gasteiger partial charge is 0.481 e. The molecule has 5 nitrogen and oxygen atoms in total. The Hall–Kier alpha value is -0.990. The van der Waals surface area contributed by atoms with E-state index in [1.807, 2.05) is 6.92 Å². The highest BCUT2D eigenvalue weighted by molar-refractivity contribution is 9.10. The second kappa shape index (κ2) is 7.86. The predicted molar refractivity (Wildman–Crippen MR) is 79.9 cm³/mol. The molecule has 0 aliphatic carbocycles. The number of hydrogen-bond acceptors (Lipinski definition) is 3. The Morgan fingerprint density at radius 1 is 1.43 bits per heavy atom. The second-order valence-electron chi connectivity index (χ2n) is 4.80. The molecule has 118 valence electrons. The van der Waals surface area contributed by atoms with E-state index in [-0.39, 0.29) is 18.9 Å². The van der Waals surface area contributed by atoms with Crippen LogP contribution in [0.2, 0.25) is 0 Å². The van der Waals surface area contributed by atoms with E-state index in [9.17, 15) is 17.6 Å². The first kappa shape index (κ1) is 18.1. The van der Waals surface area contributed by atoms with E-state index in [4.69, 9.17) is 5.11 Å². The maximum Gasteiger partial charge on any atom is 0.303 e. The summed E-state index contributed by atoms with van der Waals surface area (Å²) in [5.74, 6) is -1.63. The maximum absolute atomic E-state index is 13.6. The number of sulfonamides is 1. The van der Waals surface area contributed by atoms with Gasteiger partial charge in [-0.2, -0.15) is 0 Å². The van der Waals surface area contributed by atoms with Crippen LogP contribution in [0.25, 0.3) is 0 Å². The first-order valence-electron chi connectivity index (χ1n) is 6.39. The lowest BCUT2D eigenvalue weighted by molar-refractivity contribution is -0.137. The van der Waals surface area contributed by atoms with E-state index in [0.29, 0.717) is 17.3 Å². The summed E-state index contributed by atoms with van der Waals surface area (Å²) in [5.41, 5.74) is 0. The number of carbonyl (C=O) groups is 1. The molecule has 1 aromatic carbocycles. The van der Waals surface area contributed by atoms with E-state index in [0.717, 1.165) is 6.07 Å². The third kappa shape index (κ3) is 6.11. The van der Waals surface area contributed by atoms with Crippen LogP contribution in [-0.4, -0.2) is 26.0 Å². The van der Waals surface area contributed by atoms with Crippen molar-refractivity contribution in [3.05, 3.63) is 28.5 Å². The summed E-state index contributed by atoms with van der Waals surface area (Å²) in [4.78, 5) is 10.0. The quantitative estimate of drug-likeness (QED) is 0.724. The summed E-state index contributed by atoms with van der Waals surface area (Å²) >= 11 is 3.06. The van der Waals surface area contributed by atoms with Gasteiger partial charge < -0.3 is 5.11 Å². The number of halogens is 2. The zero-order chi connectivity index (χ0) is 16.0. The Kier molecular flexibility index (Phi) is 6.76. The maximum atomic E-state index is 13.6. The van der Waals surface area contributed by atoms with Crippen molar-refractivity contribution >= 4 is 31.9 Å². The lowest BCUT2D eigenvalue weighted by Crippen LogP contribution is -2.26. The molecule has 0 saturated carbocycles. The minimum atomic E-state index is -3.90. The molecule has 0 fully saturated rings. The van der Waals surface area contributed by atoms with Gasteiger partial charge in [-0.1, -0.05) is 22.9 Å². The molecule has 1 atom stereocenters. The minimum absolute atomic E-state index is 0.0509. The normalized spacial score (nSPS) is 13.1. The number of benzene rings is 1. The van der Waals surface area contributed by atoms with E-state index in [1.165, 1.54) is 12.1 Å². The van der Waals surface area contributed by atoms with Crippen molar-refractivity contribution in [2.45, 2.75) is 31.1 Å². The van der Waals surface area contributed by atoms with Gasteiger partial charge in [-0.05, 0) is 37.0 Å². The molecule has 0 bridgehead atoms. The number of hydrogen-bond donors (Lipinski definition) is 2. The second-order valence-corrected chi connectivity index (χ2v) is 7.45. The van der Waals surface area contributed by atoms with Crippen LogP contribution in [0.15, 0.2) is 27.6 Å². The molecule has 0 aliphatic heterocycles. The smallest absolute Gasteiger partial charge is 0.303 e. The molecule has 0 radical (unpaired) electrons. The number of rotatable bonds is 8. The first-order valence-corrected chi connectivity index (χ1v) is 8.66. The summed E-state index contributed by atoms with van der Waals surface area (Å²) in [5, 5.41) is 8.56. The molecular weight excluding hydrogens is 365 g/mol. The van der Waals surface area contributed by atoms with E-state index in [1.54, 1.807) is 0 Å². The van der Waals surface area contributed by atoms with Crippen molar-refractivity contribution < 1.29 is 22.7 Å². The monoisotopic (exact) mass is 381 g/mol. The topological polar surface area (TPSA) is 83.5 Å². The number of aliphatic carboxylic acids is 1. The Labute approximate surface area is 131 Å². The van der Waals surface area contributed by atoms with Crippen LogP contribution in [0.5, 0.6) is 0 Å². The molecule has 0 heterocycles. The Balaban J connectivity index is 2.55. The molecule has 1 aromatic rings. The fourth-order valence-electron chi connectivity index (χ4n) is 1.72. The van der Waals surface area contributed by atoms with Gasteiger partial charge in [-0.15, -0.1) is 0 Å². The van der Waals surface area contributed by atoms with Crippen LogP contribution >= 0.6 is 15.9 Å². The van der Waals surface area contributed by atoms with Crippen LogP contribution in [0, 0.1) is 11.7 Å². The highest BCUT2D eigenvalue weighted by atomic mass is 79.9. The van der Waals surface area contributed by atoms with Gasteiger partial charge in [0.1, 0.15) is 10.7 Å². The van der Waals surface area contributed by atoms with Gasteiger partial charge in [0.2, 0.25) is 10.0 Å². The zero-order valence-corrected chi connectivity index (χ0v) is 13.9. The van der Waals surface area contributed by atoms with Gasteiger partial charge in [0.25, 0.3) is 0 Å². The summed E-state index contributed by atoms with van der Waals surface area (Å²) in [6, 6.07) is 3.73. The lowest BCUT2D eigenvalue weighted by atomic mass is 10.0. The molecule has 21 heavy (non-hydrogen) atoms. The van der Waals surface area contributed by atoms with Crippen molar-refractivity contribution in [3.63, 3.8) is 0 Å². The van der Waals surface area contributed by atoms with Crippen LogP contribution in [0.1, 0.15) is 26.2 Å². The van der Waals surface area contributed by atoms with Crippen molar-refractivity contribution in [2.75, 3.05) is 6.54 Å².